The van der Waals surface area contributed by atoms with Crippen molar-refractivity contribution >= 4 is 23.3 Å². The van der Waals surface area contributed by atoms with Crippen LogP contribution in [0.4, 0.5) is 14.6 Å². The number of halogens is 3. The van der Waals surface area contributed by atoms with Crippen LogP contribution >= 0.6 is 11.6 Å². The SMILES string of the molecule is Cc1ccc(C2(C(=O)Nc3ccc(-c4cc5c(cc4Cl)OC(F)(F)O5)cn3)CCC2)cc1. The summed E-state index contributed by atoms with van der Waals surface area (Å²) < 4.78 is 35.5. The Morgan fingerprint density at radius 1 is 1.06 bits per heavy atom. The highest BCUT2D eigenvalue weighted by atomic mass is 35.5. The number of nitrogens with one attached hydrogen (secondary N) is 1. The molecular formula is C24H19ClF2N2O3. The smallest absolute Gasteiger partial charge is 0.395 e. The third-order valence-corrected chi connectivity index (χ3v) is 6.37. The van der Waals surface area contributed by atoms with Gasteiger partial charge in [0.05, 0.1) is 10.4 Å². The molecule has 8 heteroatoms. The summed E-state index contributed by atoms with van der Waals surface area (Å²) in [5.41, 5.74) is 2.66. The molecule has 0 radical (unpaired) electrons. The number of ether oxygens (including phenoxy) is 2. The van der Waals surface area contributed by atoms with Crippen molar-refractivity contribution in [2.24, 2.45) is 0 Å². The van der Waals surface area contributed by atoms with Crippen molar-refractivity contribution < 1.29 is 23.0 Å². The largest absolute Gasteiger partial charge is 0.586 e. The van der Waals surface area contributed by atoms with Crippen LogP contribution in [0, 0.1) is 6.92 Å². The molecule has 2 heterocycles. The van der Waals surface area contributed by atoms with Crippen molar-refractivity contribution in [2.45, 2.75) is 37.9 Å². The molecule has 2 aliphatic rings. The molecule has 0 spiro atoms. The Morgan fingerprint density at radius 2 is 1.75 bits per heavy atom. The predicted molar refractivity (Wildman–Crippen MR) is 116 cm³/mol. The molecule has 1 saturated carbocycles. The molecular weight excluding hydrogens is 438 g/mol. The first-order chi connectivity index (χ1) is 15.3. The number of aryl methyl sites for hydroxylation is 1. The van der Waals surface area contributed by atoms with Gasteiger partial charge in [-0.25, -0.2) is 4.98 Å². The maximum absolute atomic E-state index is 13.3. The third-order valence-electron chi connectivity index (χ3n) is 6.05. The second kappa shape index (κ2) is 7.45. The summed E-state index contributed by atoms with van der Waals surface area (Å²) in [5, 5.41) is 3.14. The normalized spacial score (nSPS) is 17.5. The Kier molecular flexibility index (Phi) is 4.82. The average molecular weight is 457 g/mol. The zero-order valence-corrected chi connectivity index (χ0v) is 17.9. The van der Waals surface area contributed by atoms with Gasteiger partial charge in [-0.2, -0.15) is 0 Å². The van der Waals surface area contributed by atoms with E-state index in [1.54, 1.807) is 12.1 Å². The average Bonchev–Trinajstić information content (AvgIpc) is 3.01. The van der Waals surface area contributed by atoms with Gasteiger partial charge in [0.15, 0.2) is 11.5 Å². The monoisotopic (exact) mass is 456 g/mol. The van der Waals surface area contributed by atoms with E-state index in [4.69, 9.17) is 11.6 Å². The summed E-state index contributed by atoms with van der Waals surface area (Å²) in [6.45, 7) is 2.01. The molecule has 0 unspecified atom stereocenters. The van der Waals surface area contributed by atoms with Crippen molar-refractivity contribution in [3.8, 4) is 22.6 Å². The molecule has 1 aliphatic carbocycles. The van der Waals surface area contributed by atoms with Crippen molar-refractivity contribution in [2.75, 3.05) is 5.32 Å². The summed E-state index contributed by atoms with van der Waals surface area (Å²) in [7, 11) is 0. The molecule has 1 fully saturated rings. The molecule has 5 rings (SSSR count). The molecule has 5 nitrogen and oxygen atoms in total. The number of rotatable bonds is 4. The van der Waals surface area contributed by atoms with Crippen LogP contribution in [0.15, 0.2) is 54.7 Å². The van der Waals surface area contributed by atoms with Crippen LogP contribution in [-0.4, -0.2) is 17.2 Å². The first-order valence-electron chi connectivity index (χ1n) is 10.2. The fourth-order valence-corrected chi connectivity index (χ4v) is 4.37. The van der Waals surface area contributed by atoms with Gasteiger partial charge >= 0.3 is 6.29 Å². The summed E-state index contributed by atoms with van der Waals surface area (Å²) in [4.78, 5) is 17.5. The van der Waals surface area contributed by atoms with E-state index in [-0.39, 0.29) is 22.4 Å². The molecule has 1 aliphatic heterocycles. The van der Waals surface area contributed by atoms with E-state index in [0.29, 0.717) is 16.9 Å². The number of hydrogen-bond donors (Lipinski definition) is 1. The first kappa shape index (κ1) is 20.7. The molecule has 3 aromatic rings. The highest BCUT2D eigenvalue weighted by Crippen LogP contribution is 2.46. The number of benzene rings is 2. The minimum atomic E-state index is -3.72. The van der Waals surface area contributed by atoms with Crippen LogP contribution in [0.2, 0.25) is 5.02 Å². The maximum atomic E-state index is 13.3. The van der Waals surface area contributed by atoms with Gasteiger partial charge in [0.25, 0.3) is 0 Å². The number of alkyl halides is 2. The number of pyridine rings is 1. The van der Waals surface area contributed by atoms with Gasteiger partial charge in [-0.1, -0.05) is 47.9 Å². The Balaban J connectivity index is 1.36. The highest BCUT2D eigenvalue weighted by Gasteiger charge is 2.46. The van der Waals surface area contributed by atoms with Crippen LogP contribution in [0.25, 0.3) is 11.1 Å². The third kappa shape index (κ3) is 3.56. The zero-order chi connectivity index (χ0) is 22.5. The number of carbonyl (C=O) groups excluding carboxylic acids is 1. The van der Waals surface area contributed by atoms with Gasteiger partial charge in [-0.3, -0.25) is 4.79 Å². The summed E-state index contributed by atoms with van der Waals surface area (Å²) in [5.74, 6) is 0.0935. The predicted octanol–water partition coefficient (Wildman–Crippen LogP) is 6.09. The lowest BCUT2D eigenvalue weighted by Crippen LogP contribution is -2.46. The summed E-state index contributed by atoms with van der Waals surface area (Å²) >= 11 is 6.25. The minimum Gasteiger partial charge on any atom is -0.395 e. The van der Waals surface area contributed by atoms with Gasteiger partial charge in [0.2, 0.25) is 5.91 Å². The fraction of sp³-hybridized carbons (Fsp3) is 0.250. The van der Waals surface area contributed by atoms with Crippen molar-refractivity contribution in [1.29, 1.82) is 0 Å². The zero-order valence-electron chi connectivity index (χ0n) is 17.1. The molecule has 1 amide bonds. The minimum absolute atomic E-state index is 0.0869. The van der Waals surface area contributed by atoms with Crippen molar-refractivity contribution in [3.05, 3.63) is 70.9 Å². The Labute approximate surface area is 188 Å². The van der Waals surface area contributed by atoms with Crippen molar-refractivity contribution in [1.82, 2.24) is 4.98 Å². The molecule has 2 aromatic carbocycles. The molecule has 1 aromatic heterocycles. The summed E-state index contributed by atoms with van der Waals surface area (Å²) in [6, 6.07) is 14.1. The topological polar surface area (TPSA) is 60.5 Å². The number of aromatic nitrogens is 1. The van der Waals surface area contributed by atoms with E-state index in [1.165, 1.54) is 18.3 Å². The second-order valence-electron chi connectivity index (χ2n) is 8.13. The molecule has 164 valence electrons. The van der Waals surface area contributed by atoms with E-state index in [2.05, 4.69) is 19.8 Å². The molecule has 0 bridgehead atoms. The number of hydrogen-bond acceptors (Lipinski definition) is 4. The first-order valence-corrected chi connectivity index (χ1v) is 10.6. The van der Waals surface area contributed by atoms with Crippen LogP contribution in [0.5, 0.6) is 11.5 Å². The molecule has 1 N–H and O–H groups in total. The van der Waals surface area contributed by atoms with Crippen LogP contribution in [0.1, 0.15) is 30.4 Å². The lowest BCUT2D eigenvalue weighted by molar-refractivity contribution is -0.286. The van der Waals surface area contributed by atoms with E-state index in [9.17, 15) is 13.6 Å². The van der Waals surface area contributed by atoms with Crippen LogP contribution in [-0.2, 0) is 10.2 Å². The Morgan fingerprint density at radius 3 is 2.34 bits per heavy atom. The lowest BCUT2D eigenvalue weighted by Gasteiger charge is -2.40. The number of fused-ring (bicyclic) bond motifs is 1. The van der Waals surface area contributed by atoms with Gasteiger partial charge in [0, 0.05) is 23.4 Å². The summed E-state index contributed by atoms with van der Waals surface area (Å²) in [6.07, 6.45) is 0.381. The van der Waals surface area contributed by atoms with Gasteiger partial charge < -0.3 is 14.8 Å². The van der Waals surface area contributed by atoms with E-state index in [0.717, 1.165) is 30.4 Å². The number of anilines is 1. The molecule has 0 atom stereocenters. The van der Waals surface area contributed by atoms with Gasteiger partial charge in [0.1, 0.15) is 5.82 Å². The van der Waals surface area contributed by atoms with E-state index < -0.39 is 11.7 Å². The molecule has 0 saturated heterocycles. The van der Waals surface area contributed by atoms with E-state index >= 15 is 0 Å². The number of nitrogens with zero attached hydrogens (tertiary/aromatic N) is 1. The maximum Gasteiger partial charge on any atom is 0.586 e. The standard InChI is InChI=1S/C24H19ClF2N2O3/c1-14-3-6-16(7-4-14)23(9-2-10-23)22(30)29-21-8-5-15(13-28-21)17-11-19-20(12-18(17)25)32-24(26,27)31-19/h3-8,11-13H,2,9-10H2,1H3,(H,28,29,30). The van der Waals surface area contributed by atoms with Crippen LogP contribution in [0.3, 0.4) is 0 Å². The quantitative estimate of drug-likeness (QED) is 0.516. The van der Waals surface area contributed by atoms with Crippen LogP contribution < -0.4 is 14.8 Å². The fourth-order valence-electron chi connectivity index (χ4n) is 4.11. The number of amides is 1. The lowest BCUT2D eigenvalue weighted by atomic mass is 9.63. The number of carbonyl (C=O) groups is 1. The Bertz CT molecular complexity index is 1190. The molecule has 32 heavy (non-hydrogen) atoms. The second-order valence-corrected chi connectivity index (χ2v) is 8.54. The van der Waals surface area contributed by atoms with E-state index in [1.807, 2.05) is 31.2 Å². The van der Waals surface area contributed by atoms with Gasteiger partial charge in [-0.15, -0.1) is 8.78 Å². The van der Waals surface area contributed by atoms with Gasteiger partial charge in [-0.05, 0) is 43.5 Å². The Hall–Kier alpha value is -3.19. The highest BCUT2D eigenvalue weighted by molar-refractivity contribution is 6.33. The van der Waals surface area contributed by atoms with Crippen molar-refractivity contribution in [3.63, 3.8) is 0 Å².